The molecule has 22 heavy (non-hydrogen) atoms. The van der Waals surface area contributed by atoms with E-state index in [-0.39, 0.29) is 24.0 Å². The van der Waals surface area contributed by atoms with Crippen LogP contribution in [-0.4, -0.2) is 44.6 Å². The predicted molar refractivity (Wildman–Crippen MR) is 96.7 cm³/mol. The highest BCUT2D eigenvalue weighted by Gasteiger charge is 2.30. The van der Waals surface area contributed by atoms with Crippen molar-refractivity contribution in [3.63, 3.8) is 0 Å². The lowest BCUT2D eigenvalue weighted by molar-refractivity contribution is -0.144. The summed E-state index contributed by atoms with van der Waals surface area (Å²) in [6.07, 6.45) is 3.28. The number of rotatable bonds is 7. The number of halogens is 1. The number of nitrogens with zero attached hydrogens (tertiary/aromatic N) is 1. The molecule has 0 radical (unpaired) electrons. The van der Waals surface area contributed by atoms with E-state index in [1.165, 1.54) is 0 Å². The average molecular weight is 423 g/mol. The van der Waals surface area contributed by atoms with Crippen LogP contribution in [0.15, 0.2) is 27.8 Å². The molecule has 0 atom stereocenters. The van der Waals surface area contributed by atoms with Crippen molar-refractivity contribution in [3.05, 3.63) is 24.2 Å². The van der Waals surface area contributed by atoms with Gasteiger partial charge in [-0.1, -0.05) is 0 Å². The Bertz CT molecular complexity index is 431. The summed E-state index contributed by atoms with van der Waals surface area (Å²) in [5.41, 5.74) is 0. The van der Waals surface area contributed by atoms with Gasteiger partial charge in [0.05, 0.1) is 19.5 Å². The molecule has 2 rings (SSSR count). The molecule has 7 heteroatoms. The Morgan fingerprint density at radius 2 is 2.09 bits per heavy atom. The van der Waals surface area contributed by atoms with Gasteiger partial charge in [-0.3, -0.25) is 4.99 Å². The second-order valence-electron chi connectivity index (χ2n) is 5.10. The number of hydrogen-bond donors (Lipinski definition) is 2. The average Bonchev–Trinajstić information content (AvgIpc) is 3.11. The Hall–Kier alpha value is -0.800. The van der Waals surface area contributed by atoms with Crippen molar-refractivity contribution in [2.75, 3.05) is 32.8 Å². The smallest absolute Gasteiger partial charge is 0.191 e. The van der Waals surface area contributed by atoms with Gasteiger partial charge in [0, 0.05) is 32.5 Å². The Labute approximate surface area is 149 Å². The molecule has 0 saturated carbocycles. The molecule has 1 saturated heterocycles. The van der Waals surface area contributed by atoms with E-state index in [0.717, 1.165) is 37.7 Å². The van der Waals surface area contributed by atoms with E-state index in [9.17, 15) is 0 Å². The first-order valence-corrected chi connectivity index (χ1v) is 7.54. The van der Waals surface area contributed by atoms with Gasteiger partial charge in [0.15, 0.2) is 11.7 Å². The Morgan fingerprint density at radius 1 is 1.32 bits per heavy atom. The van der Waals surface area contributed by atoms with Crippen LogP contribution in [0, 0.1) is 0 Å². The minimum Gasteiger partial charge on any atom is -0.469 e. The summed E-state index contributed by atoms with van der Waals surface area (Å²) in [4.78, 5) is 4.54. The zero-order valence-electron chi connectivity index (χ0n) is 13.3. The predicted octanol–water partition coefficient (Wildman–Crippen LogP) is 2.15. The molecular weight excluding hydrogens is 397 g/mol. The summed E-state index contributed by atoms with van der Waals surface area (Å²) < 4.78 is 16.4. The number of nitrogens with one attached hydrogen (secondary N) is 2. The van der Waals surface area contributed by atoms with Crippen LogP contribution in [0.2, 0.25) is 0 Å². The van der Waals surface area contributed by atoms with E-state index in [2.05, 4.69) is 15.6 Å². The van der Waals surface area contributed by atoms with Crippen LogP contribution in [0.5, 0.6) is 0 Å². The molecule has 1 aliphatic rings. The zero-order valence-corrected chi connectivity index (χ0v) is 15.6. The quantitative estimate of drug-likeness (QED) is 0.400. The second-order valence-corrected chi connectivity index (χ2v) is 5.10. The Kier molecular flexibility index (Phi) is 8.81. The monoisotopic (exact) mass is 423 g/mol. The van der Waals surface area contributed by atoms with Crippen LogP contribution in [0.1, 0.15) is 26.0 Å². The topological polar surface area (TPSA) is 68.0 Å². The van der Waals surface area contributed by atoms with Crippen LogP contribution in [0.25, 0.3) is 0 Å². The van der Waals surface area contributed by atoms with E-state index >= 15 is 0 Å². The van der Waals surface area contributed by atoms with Crippen molar-refractivity contribution in [2.45, 2.75) is 32.5 Å². The van der Waals surface area contributed by atoms with Crippen molar-refractivity contribution in [3.8, 4) is 0 Å². The zero-order chi connectivity index (χ0) is 15.0. The molecule has 0 amide bonds. The fourth-order valence-electron chi connectivity index (χ4n) is 2.17. The SMILES string of the molecule is CCNC(=NCCC1(C)OCCO1)NCCc1ccco1.I. The van der Waals surface area contributed by atoms with E-state index in [1.54, 1.807) is 6.26 Å². The standard InChI is InChI=1S/C15H25N3O3.HI/c1-3-16-14(17-8-6-13-5-4-10-19-13)18-9-7-15(2)20-11-12-21-15;/h4-5,10H,3,6-9,11-12H2,1-2H3,(H2,16,17,18);1H. The van der Waals surface area contributed by atoms with Crippen molar-refractivity contribution in [2.24, 2.45) is 4.99 Å². The molecule has 0 aromatic carbocycles. The van der Waals surface area contributed by atoms with Gasteiger partial charge in [-0.15, -0.1) is 24.0 Å². The van der Waals surface area contributed by atoms with Gasteiger partial charge >= 0.3 is 0 Å². The largest absolute Gasteiger partial charge is 0.469 e. The summed E-state index contributed by atoms with van der Waals surface area (Å²) in [6.45, 7) is 7.62. The summed E-state index contributed by atoms with van der Waals surface area (Å²) in [5.74, 6) is 1.30. The van der Waals surface area contributed by atoms with E-state index in [4.69, 9.17) is 13.9 Å². The van der Waals surface area contributed by atoms with Crippen LogP contribution >= 0.6 is 24.0 Å². The molecule has 2 N–H and O–H groups in total. The minimum absolute atomic E-state index is 0. The minimum atomic E-state index is -0.477. The fourth-order valence-corrected chi connectivity index (χ4v) is 2.17. The summed E-state index contributed by atoms with van der Waals surface area (Å²) >= 11 is 0. The van der Waals surface area contributed by atoms with Crippen LogP contribution in [-0.2, 0) is 15.9 Å². The molecule has 1 fully saturated rings. The van der Waals surface area contributed by atoms with Gasteiger partial charge < -0.3 is 24.5 Å². The third-order valence-corrected chi connectivity index (χ3v) is 3.32. The highest BCUT2D eigenvalue weighted by molar-refractivity contribution is 14.0. The molecule has 2 heterocycles. The van der Waals surface area contributed by atoms with Gasteiger partial charge in [0.2, 0.25) is 0 Å². The third kappa shape index (κ3) is 6.53. The number of aliphatic imine (C=N–C) groups is 1. The number of hydrogen-bond acceptors (Lipinski definition) is 4. The molecule has 0 aliphatic carbocycles. The molecule has 1 aromatic heterocycles. The number of guanidine groups is 1. The van der Waals surface area contributed by atoms with Gasteiger partial charge in [0.25, 0.3) is 0 Å². The van der Waals surface area contributed by atoms with Crippen LogP contribution < -0.4 is 10.6 Å². The first kappa shape index (κ1) is 19.2. The van der Waals surface area contributed by atoms with Gasteiger partial charge in [-0.25, -0.2) is 0 Å². The van der Waals surface area contributed by atoms with Crippen molar-refractivity contribution < 1.29 is 13.9 Å². The van der Waals surface area contributed by atoms with Gasteiger partial charge in [0.1, 0.15) is 5.76 Å². The second kappa shape index (κ2) is 10.1. The van der Waals surface area contributed by atoms with E-state index < -0.39 is 5.79 Å². The van der Waals surface area contributed by atoms with Gasteiger partial charge in [-0.2, -0.15) is 0 Å². The molecular formula is C15H26IN3O3. The maximum atomic E-state index is 5.57. The van der Waals surface area contributed by atoms with Crippen LogP contribution in [0.3, 0.4) is 0 Å². The Morgan fingerprint density at radius 3 is 2.73 bits per heavy atom. The molecule has 1 aromatic rings. The van der Waals surface area contributed by atoms with Crippen molar-refractivity contribution in [1.29, 1.82) is 0 Å². The summed E-state index contributed by atoms with van der Waals surface area (Å²) in [6, 6.07) is 3.87. The number of ether oxygens (including phenoxy) is 2. The summed E-state index contributed by atoms with van der Waals surface area (Å²) in [7, 11) is 0. The lowest BCUT2D eigenvalue weighted by atomic mass is 10.2. The molecule has 6 nitrogen and oxygen atoms in total. The van der Waals surface area contributed by atoms with Crippen molar-refractivity contribution in [1.82, 2.24) is 10.6 Å². The third-order valence-electron chi connectivity index (χ3n) is 3.32. The lowest BCUT2D eigenvalue weighted by Gasteiger charge is -2.21. The number of furan rings is 1. The Balaban J connectivity index is 0.00000242. The maximum Gasteiger partial charge on any atom is 0.191 e. The highest BCUT2D eigenvalue weighted by Crippen LogP contribution is 2.22. The molecule has 0 unspecified atom stereocenters. The first-order valence-electron chi connectivity index (χ1n) is 7.54. The normalized spacial score (nSPS) is 17.1. The van der Waals surface area contributed by atoms with Gasteiger partial charge in [-0.05, 0) is 26.0 Å². The molecule has 0 bridgehead atoms. The molecule has 0 spiro atoms. The fraction of sp³-hybridized carbons (Fsp3) is 0.667. The first-order chi connectivity index (χ1) is 10.2. The van der Waals surface area contributed by atoms with E-state index in [1.807, 2.05) is 26.0 Å². The highest BCUT2D eigenvalue weighted by atomic mass is 127. The maximum absolute atomic E-state index is 5.57. The molecule has 1 aliphatic heterocycles. The van der Waals surface area contributed by atoms with E-state index in [0.29, 0.717) is 19.8 Å². The lowest BCUT2D eigenvalue weighted by Crippen LogP contribution is -2.38. The van der Waals surface area contributed by atoms with Crippen molar-refractivity contribution >= 4 is 29.9 Å². The summed E-state index contributed by atoms with van der Waals surface area (Å²) in [5, 5.41) is 6.52. The molecule has 126 valence electrons. The van der Waals surface area contributed by atoms with Crippen LogP contribution in [0.4, 0.5) is 0 Å².